The summed E-state index contributed by atoms with van der Waals surface area (Å²) in [4.78, 5) is 11.8. The van der Waals surface area contributed by atoms with E-state index < -0.39 is 0 Å². The largest absolute Gasteiger partial charge is 0.465 e. The predicted octanol–water partition coefficient (Wildman–Crippen LogP) is 5.75. The predicted molar refractivity (Wildman–Crippen MR) is 102 cm³/mol. The number of hydrogen-bond donors (Lipinski definition) is 1. The van der Waals surface area contributed by atoms with Gasteiger partial charge in [0.15, 0.2) is 0 Å². The quantitative estimate of drug-likeness (QED) is 0.324. The van der Waals surface area contributed by atoms with Crippen molar-refractivity contribution in [2.45, 2.75) is 116 Å². The SMILES string of the molecule is CCCCCCCCCCCCCC(=O)OC[C@@H]1CCCC[C@H]1N. The molecule has 1 aliphatic carbocycles. The van der Waals surface area contributed by atoms with Crippen LogP contribution in [0.4, 0.5) is 0 Å². The van der Waals surface area contributed by atoms with Crippen molar-refractivity contribution >= 4 is 5.97 Å². The van der Waals surface area contributed by atoms with E-state index in [9.17, 15) is 4.79 Å². The minimum Gasteiger partial charge on any atom is -0.465 e. The van der Waals surface area contributed by atoms with Crippen LogP contribution in [0.2, 0.25) is 0 Å². The lowest BCUT2D eigenvalue weighted by atomic mass is 9.86. The van der Waals surface area contributed by atoms with Crippen LogP contribution in [0, 0.1) is 5.92 Å². The normalized spacial score (nSPS) is 20.9. The van der Waals surface area contributed by atoms with Crippen LogP contribution in [-0.2, 0) is 9.53 Å². The van der Waals surface area contributed by atoms with E-state index in [0.717, 1.165) is 25.7 Å². The van der Waals surface area contributed by atoms with Gasteiger partial charge < -0.3 is 10.5 Å². The fourth-order valence-corrected chi connectivity index (χ4v) is 3.65. The first-order chi connectivity index (χ1) is 11.7. The molecule has 0 amide bonds. The van der Waals surface area contributed by atoms with Crippen LogP contribution < -0.4 is 5.73 Å². The van der Waals surface area contributed by atoms with Crippen molar-refractivity contribution in [3.05, 3.63) is 0 Å². The Morgan fingerprint density at radius 1 is 0.875 bits per heavy atom. The second-order valence-corrected chi connectivity index (χ2v) is 7.68. The molecule has 0 aromatic carbocycles. The van der Waals surface area contributed by atoms with Gasteiger partial charge in [0.05, 0.1) is 6.61 Å². The molecule has 0 aliphatic heterocycles. The second-order valence-electron chi connectivity index (χ2n) is 7.68. The van der Waals surface area contributed by atoms with Gasteiger partial charge in [0.25, 0.3) is 0 Å². The topological polar surface area (TPSA) is 52.3 Å². The fourth-order valence-electron chi connectivity index (χ4n) is 3.65. The Morgan fingerprint density at radius 3 is 2.00 bits per heavy atom. The third-order valence-electron chi connectivity index (χ3n) is 5.41. The molecule has 0 unspecified atom stereocenters. The lowest BCUT2D eigenvalue weighted by Crippen LogP contribution is -2.36. The summed E-state index contributed by atoms with van der Waals surface area (Å²) < 4.78 is 5.42. The maximum Gasteiger partial charge on any atom is 0.305 e. The van der Waals surface area contributed by atoms with Crippen molar-refractivity contribution in [1.82, 2.24) is 0 Å². The summed E-state index contributed by atoms with van der Waals surface area (Å²) >= 11 is 0. The van der Waals surface area contributed by atoms with Crippen LogP contribution in [0.5, 0.6) is 0 Å². The van der Waals surface area contributed by atoms with Gasteiger partial charge in [0, 0.05) is 18.4 Å². The molecule has 142 valence electrons. The third kappa shape index (κ3) is 11.1. The van der Waals surface area contributed by atoms with Crippen molar-refractivity contribution in [2.75, 3.05) is 6.61 Å². The van der Waals surface area contributed by atoms with Crippen molar-refractivity contribution in [1.29, 1.82) is 0 Å². The summed E-state index contributed by atoms with van der Waals surface area (Å²) in [5.41, 5.74) is 6.09. The molecule has 0 heterocycles. The molecular formula is C21H41NO2. The Hall–Kier alpha value is -0.570. The molecular weight excluding hydrogens is 298 g/mol. The molecule has 1 saturated carbocycles. The second kappa shape index (κ2) is 14.7. The van der Waals surface area contributed by atoms with Gasteiger partial charge in [-0.1, -0.05) is 84.0 Å². The highest BCUT2D eigenvalue weighted by molar-refractivity contribution is 5.69. The Morgan fingerprint density at radius 2 is 1.42 bits per heavy atom. The lowest BCUT2D eigenvalue weighted by molar-refractivity contribution is -0.145. The summed E-state index contributed by atoms with van der Waals surface area (Å²) in [5.74, 6) is 0.365. The van der Waals surface area contributed by atoms with Gasteiger partial charge in [0.2, 0.25) is 0 Å². The van der Waals surface area contributed by atoms with Gasteiger partial charge in [-0.05, 0) is 19.3 Å². The van der Waals surface area contributed by atoms with Crippen LogP contribution >= 0.6 is 0 Å². The van der Waals surface area contributed by atoms with E-state index >= 15 is 0 Å². The monoisotopic (exact) mass is 339 g/mol. The van der Waals surface area contributed by atoms with Crippen molar-refractivity contribution in [2.24, 2.45) is 11.7 Å². The molecule has 3 heteroatoms. The molecule has 1 fully saturated rings. The molecule has 0 spiro atoms. The zero-order chi connectivity index (χ0) is 17.5. The van der Waals surface area contributed by atoms with Crippen LogP contribution in [0.3, 0.4) is 0 Å². The molecule has 0 aromatic rings. The number of esters is 1. The van der Waals surface area contributed by atoms with Gasteiger partial charge >= 0.3 is 5.97 Å². The molecule has 0 aromatic heterocycles. The Bertz CT molecular complexity index is 306. The fraction of sp³-hybridized carbons (Fsp3) is 0.952. The van der Waals surface area contributed by atoms with Gasteiger partial charge in [-0.15, -0.1) is 0 Å². The molecule has 1 rings (SSSR count). The minimum absolute atomic E-state index is 0.0244. The summed E-state index contributed by atoms with van der Waals surface area (Å²) in [6.45, 7) is 2.80. The number of nitrogens with two attached hydrogens (primary N) is 1. The van der Waals surface area contributed by atoms with Crippen LogP contribution in [0.25, 0.3) is 0 Å². The van der Waals surface area contributed by atoms with E-state index in [1.807, 2.05) is 0 Å². The number of ether oxygens (including phenoxy) is 1. The van der Waals surface area contributed by atoms with Gasteiger partial charge in [-0.2, -0.15) is 0 Å². The van der Waals surface area contributed by atoms with E-state index in [1.165, 1.54) is 70.6 Å². The average molecular weight is 340 g/mol. The standard InChI is InChI=1S/C21H41NO2/c1-2-3-4-5-6-7-8-9-10-11-12-17-21(23)24-18-19-15-13-14-16-20(19)22/h19-20H,2-18,22H2,1H3/t19-,20+/m0/s1. The summed E-state index contributed by atoms with van der Waals surface area (Å²) in [7, 11) is 0. The Balaban J connectivity index is 1.84. The van der Waals surface area contributed by atoms with E-state index in [4.69, 9.17) is 10.5 Å². The van der Waals surface area contributed by atoms with Crippen molar-refractivity contribution in [3.63, 3.8) is 0 Å². The van der Waals surface area contributed by atoms with Crippen molar-refractivity contribution < 1.29 is 9.53 Å². The highest BCUT2D eigenvalue weighted by Crippen LogP contribution is 2.23. The third-order valence-corrected chi connectivity index (χ3v) is 5.41. The Labute approximate surface area is 150 Å². The first-order valence-electron chi connectivity index (χ1n) is 10.6. The molecule has 2 N–H and O–H groups in total. The van der Waals surface area contributed by atoms with Crippen LogP contribution in [0.15, 0.2) is 0 Å². The van der Waals surface area contributed by atoms with E-state index in [1.54, 1.807) is 0 Å². The summed E-state index contributed by atoms with van der Waals surface area (Å²) in [6, 6.07) is 0.230. The molecule has 0 saturated heterocycles. The average Bonchev–Trinajstić information content (AvgIpc) is 2.59. The Kier molecular flexibility index (Phi) is 13.2. The molecule has 2 atom stereocenters. The highest BCUT2D eigenvalue weighted by Gasteiger charge is 2.22. The summed E-state index contributed by atoms with van der Waals surface area (Å²) in [6.07, 6.45) is 19.6. The number of carbonyl (C=O) groups is 1. The molecule has 0 bridgehead atoms. The first-order valence-corrected chi connectivity index (χ1v) is 10.6. The van der Waals surface area contributed by atoms with Crippen LogP contribution in [0.1, 0.15) is 110 Å². The minimum atomic E-state index is -0.0244. The summed E-state index contributed by atoms with van der Waals surface area (Å²) in [5, 5.41) is 0. The zero-order valence-electron chi connectivity index (χ0n) is 16.1. The lowest BCUT2D eigenvalue weighted by Gasteiger charge is -2.27. The number of carbonyl (C=O) groups excluding carboxylic acids is 1. The molecule has 0 radical (unpaired) electrons. The first kappa shape index (κ1) is 21.5. The zero-order valence-corrected chi connectivity index (χ0v) is 16.1. The smallest absolute Gasteiger partial charge is 0.305 e. The molecule has 1 aliphatic rings. The maximum atomic E-state index is 11.8. The molecule has 3 nitrogen and oxygen atoms in total. The van der Waals surface area contributed by atoms with Gasteiger partial charge in [-0.3, -0.25) is 4.79 Å². The van der Waals surface area contributed by atoms with Gasteiger partial charge in [-0.25, -0.2) is 0 Å². The maximum absolute atomic E-state index is 11.8. The van der Waals surface area contributed by atoms with Crippen molar-refractivity contribution in [3.8, 4) is 0 Å². The van der Waals surface area contributed by atoms with Crippen LogP contribution in [-0.4, -0.2) is 18.6 Å². The van der Waals surface area contributed by atoms with Gasteiger partial charge in [0.1, 0.15) is 0 Å². The number of rotatable bonds is 14. The highest BCUT2D eigenvalue weighted by atomic mass is 16.5. The number of unbranched alkanes of at least 4 members (excludes halogenated alkanes) is 10. The molecule has 24 heavy (non-hydrogen) atoms. The van der Waals surface area contributed by atoms with E-state index in [2.05, 4.69) is 6.92 Å². The number of hydrogen-bond acceptors (Lipinski definition) is 3. The van der Waals surface area contributed by atoms with E-state index in [-0.39, 0.29) is 12.0 Å². The van der Waals surface area contributed by atoms with E-state index in [0.29, 0.717) is 18.9 Å².